The summed E-state index contributed by atoms with van der Waals surface area (Å²) >= 11 is 0. The molecule has 4 nitrogen and oxygen atoms in total. The van der Waals surface area contributed by atoms with Gasteiger partial charge in [0.1, 0.15) is 18.5 Å². The first kappa shape index (κ1) is 13.1. The Morgan fingerprint density at radius 2 is 2.24 bits per heavy atom. The molecule has 0 aromatic heterocycles. The largest absolute Gasteiger partial charge is 0.489 e. The molecule has 1 unspecified atom stereocenters. The molecule has 1 aromatic rings. The van der Waals surface area contributed by atoms with E-state index in [9.17, 15) is 4.79 Å². The van der Waals surface area contributed by atoms with Crippen LogP contribution in [0.25, 0.3) is 0 Å². The molecule has 4 heteroatoms. The Morgan fingerprint density at radius 1 is 1.38 bits per heavy atom. The molecular formula is C17H21NO3. The summed E-state index contributed by atoms with van der Waals surface area (Å²) in [7, 11) is 0. The monoisotopic (exact) mass is 287 g/mol. The number of piperidine rings is 1. The molecule has 3 aliphatic rings. The van der Waals surface area contributed by atoms with Gasteiger partial charge in [-0.2, -0.15) is 0 Å². The number of hydrogen-bond donors (Lipinski definition) is 0. The van der Waals surface area contributed by atoms with Gasteiger partial charge >= 0.3 is 5.97 Å². The van der Waals surface area contributed by atoms with Gasteiger partial charge in [-0.05, 0) is 50.6 Å². The number of carbonyl (C=O) groups is 1. The van der Waals surface area contributed by atoms with E-state index in [1.807, 2.05) is 18.2 Å². The van der Waals surface area contributed by atoms with Crippen LogP contribution in [0.4, 0.5) is 0 Å². The minimum atomic E-state index is -0.218. The molecule has 1 aromatic carbocycles. The van der Waals surface area contributed by atoms with Crippen LogP contribution in [0.5, 0.6) is 5.75 Å². The summed E-state index contributed by atoms with van der Waals surface area (Å²) in [6, 6.07) is 5.72. The molecule has 1 spiro atoms. The summed E-state index contributed by atoms with van der Waals surface area (Å²) in [5.74, 6) is 0.659. The highest BCUT2D eigenvalue weighted by atomic mass is 16.5. The number of esters is 1. The van der Waals surface area contributed by atoms with E-state index in [4.69, 9.17) is 9.47 Å². The number of ether oxygens (including phenoxy) is 2. The molecule has 112 valence electrons. The van der Waals surface area contributed by atoms with E-state index < -0.39 is 0 Å². The zero-order valence-electron chi connectivity index (χ0n) is 12.4. The molecule has 4 rings (SSSR count). The molecule has 0 N–H and O–H groups in total. The van der Waals surface area contributed by atoms with Gasteiger partial charge in [-0.1, -0.05) is 6.92 Å². The van der Waals surface area contributed by atoms with Crippen LogP contribution < -0.4 is 4.74 Å². The second-order valence-electron chi connectivity index (χ2n) is 6.51. The van der Waals surface area contributed by atoms with Crippen molar-refractivity contribution in [2.24, 2.45) is 5.41 Å². The van der Waals surface area contributed by atoms with Crippen LogP contribution in [-0.4, -0.2) is 36.6 Å². The number of fused-ring (bicyclic) bond motifs is 1. The fourth-order valence-electron chi connectivity index (χ4n) is 3.59. The van der Waals surface area contributed by atoms with Crippen molar-refractivity contribution < 1.29 is 14.3 Å². The van der Waals surface area contributed by atoms with E-state index in [1.54, 1.807) is 0 Å². The fourth-order valence-corrected chi connectivity index (χ4v) is 3.59. The maximum atomic E-state index is 11.5. The standard InChI is InChI=1S/C17H21NO3/c1-2-18-8-7-17(5-6-17)15(10-18)21-13-3-4-14-12(9-13)11-20-16(14)19/h3-4,9,15H,2,5-8,10-11H2,1H3. The van der Waals surface area contributed by atoms with Crippen LogP contribution >= 0.6 is 0 Å². The third-order valence-electron chi connectivity index (χ3n) is 5.31. The zero-order valence-corrected chi connectivity index (χ0v) is 12.4. The van der Waals surface area contributed by atoms with E-state index in [2.05, 4.69) is 11.8 Å². The summed E-state index contributed by atoms with van der Waals surface area (Å²) < 4.78 is 11.4. The van der Waals surface area contributed by atoms with Crippen molar-refractivity contribution in [1.82, 2.24) is 4.90 Å². The summed E-state index contributed by atoms with van der Waals surface area (Å²) in [6.45, 7) is 5.89. The fraction of sp³-hybridized carbons (Fsp3) is 0.588. The molecule has 1 atom stereocenters. The molecular weight excluding hydrogens is 266 g/mol. The summed E-state index contributed by atoms with van der Waals surface area (Å²) in [5.41, 5.74) is 2.05. The topological polar surface area (TPSA) is 38.8 Å². The number of carbonyl (C=O) groups excluding carboxylic acids is 1. The number of hydrogen-bond acceptors (Lipinski definition) is 4. The molecule has 21 heavy (non-hydrogen) atoms. The molecule has 2 aliphatic heterocycles. The first-order chi connectivity index (χ1) is 10.2. The highest BCUT2D eigenvalue weighted by Crippen LogP contribution is 2.54. The Hall–Kier alpha value is -1.55. The minimum absolute atomic E-state index is 0.218. The van der Waals surface area contributed by atoms with Gasteiger partial charge in [0.15, 0.2) is 0 Å². The molecule has 1 saturated carbocycles. The average molecular weight is 287 g/mol. The van der Waals surface area contributed by atoms with Gasteiger partial charge in [0.2, 0.25) is 0 Å². The van der Waals surface area contributed by atoms with E-state index in [-0.39, 0.29) is 12.1 Å². The first-order valence-corrected chi connectivity index (χ1v) is 7.89. The van der Waals surface area contributed by atoms with Gasteiger partial charge in [-0.3, -0.25) is 4.90 Å². The van der Waals surface area contributed by atoms with E-state index >= 15 is 0 Å². The Bertz CT molecular complexity index is 579. The number of likely N-dealkylation sites (tertiary alicyclic amines) is 1. The third-order valence-corrected chi connectivity index (χ3v) is 5.31. The quantitative estimate of drug-likeness (QED) is 0.801. The zero-order chi connectivity index (χ0) is 14.4. The second-order valence-corrected chi connectivity index (χ2v) is 6.51. The van der Waals surface area contributed by atoms with E-state index in [1.165, 1.54) is 25.8 Å². The molecule has 1 aliphatic carbocycles. The van der Waals surface area contributed by atoms with E-state index in [0.717, 1.165) is 24.4 Å². The Labute approximate surface area is 125 Å². The third kappa shape index (κ3) is 2.22. The van der Waals surface area contributed by atoms with E-state index in [0.29, 0.717) is 17.6 Å². The number of cyclic esters (lactones) is 1. The van der Waals surface area contributed by atoms with Gasteiger partial charge in [0.05, 0.1) is 5.56 Å². The van der Waals surface area contributed by atoms with Crippen molar-refractivity contribution in [3.8, 4) is 5.75 Å². The van der Waals surface area contributed by atoms with Crippen LogP contribution in [0.1, 0.15) is 42.1 Å². The Morgan fingerprint density at radius 3 is 3.00 bits per heavy atom. The number of benzene rings is 1. The van der Waals surface area contributed by atoms with Crippen LogP contribution in [0.15, 0.2) is 18.2 Å². The van der Waals surface area contributed by atoms with Crippen molar-refractivity contribution in [2.45, 2.75) is 38.9 Å². The normalized spacial score (nSPS) is 26.5. The SMILES string of the molecule is CCN1CCC2(CC2)C(Oc2ccc3c(c2)COC3=O)C1. The van der Waals surface area contributed by atoms with Gasteiger partial charge in [-0.15, -0.1) is 0 Å². The predicted octanol–water partition coefficient (Wildman–Crippen LogP) is 2.61. The van der Waals surface area contributed by atoms with Crippen molar-refractivity contribution in [3.05, 3.63) is 29.3 Å². The highest BCUT2D eigenvalue weighted by molar-refractivity contribution is 5.93. The maximum Gasteiger partial charge on any atom is 0.338 e. The molecule has 2 heterocycles. The minimum Gasteiger partial charge on any atom is -0.489 e. The number of nitrogens with zero attached hydrogens (tertiary/aromatic N) is 1. The first-order valence-electron chi connectivity index (χ1n) is 7.89. The van der Waals surface area contributed by atoms with Crippen LogP contribution in [-0.2, 0) is 11.3 Å². The van der Waals surface area contributed by atoms with Crippen LogP contribution in [0.2, 0.25) is 0 Å². The lowest BCUT2D eigenvalue weighted by Gasteiger charge is -2.38. The van der Waals surface area contributed by atoms with Crippen molar-refractivity contribution in [2.75, 3.05) is 19.6 Å². The molecule has 2 fully saturated rings. The van der Waals surface area contributed by atoms with Gasteiger partial charge in [0, 0.05) is 17.5 Å². The molecule has 0 bridgehead atoms. The predicted molar refractivity (Wildman–Crippen MR) is 78.4 cm³/mol. The van der Waals surface area contributed by atoms with Crippen molar-refractivity contribution >= 4 is 5.97 Å². The summed E-state index contributed by atoms with van der Waals surface area (Å²) in [5, 5.41) is 0. The molecule has 0 radical (unpaired) electrons. The van der Waals surface area contributed by atoms with Crippen LogP contribution in [0, 0.1) is 5.41 Å². The Balaban J connectivity index is 1.53. The smallest absolute Gasteiger partial charge is 0.338 e. The Kier molecular flexibility index (Phi) is 2.96. The number of likely N-dealkylation sites (N-methyl/N-ethyl adjacent to an activating group) is 1. The van der Waals surface area contributed by atoms with Gasteiger partial charge in [-0.25, -0.2) is 4.79 Å². The lowest BCUT2D eigenvalue weighted by Crippen LogP contribution is -2.47. The second kappa shape index (κ2) is 4.73. The molecule has 1 saturated heterocycles. The summed E-state index contributed by atoms with van der Waals surface area (Å²) in [4.78, 5) is 14.0. The van der Waals surface area contributed by atoms with Gasteiger partial charge < -0.3 is 9.47 Å². The lowest BCUT2D eigenvalue weighted by molar-refractivity contribution is 0.0284. The lowest BCUT2D eigenvalue weighted by atomic mass is 9.90. The van der Waals surface area contributed by atoms with Crippen molar-refractivity contribution in [1.29, 1.82) is 0 Å². The summed E-state index contributed by atoms with van der Waals surface area (Å²) in [6.07, 6.45) is 4.11. The maximum absolute atomic E-state index is 11.5. The van der Waals surface area contributed by atoms with Crippen molar-refractivity contribution in [3.63, 3.8) is 0 Å². The average Bonchev–Trinajstić information content (AvgIpc) is 3.19. The number of rotatable bonds is 3. The molecule has 0 amide bonds. The van der Waals surface area contributed by atoms with Crippen LogP contribution in [0.3, 0.4) is 0 Å². The highest BCUT2D eigenvalue weighted by Gasteiger charge is 2.53. The van der Waals surface area contributed by atoms with Gasteiger partial charge in [0.25, 0.3) is 0 Å².